The van der Waals surface area contributed by atoms with Gasteiger partial charge in [-0.15, -0.1) is 0 Å². The third-order valence-electron chi connectivity index (χ3n) is 6.55. The molecule has 1 aliphatic heterocycles. The maximum absolute atomic E-state index is 6.31. The van der Waals surface area contributed by atoms with Gasteiger partial charge in [-0.2, -0.15) is 0 Å². The van der Waals surface area contributed by atoms with Crippen molar-refractivity contribution in [2.45, 2.75) is 44.9 Å². The maximum Gasteiger partial charge on any atom is 0.150 e. The molecule has 0 bridgehead atoms. The van der Waals surface area contributed by atoms with E-state index in [1.807, 2.05) is 18.3 Å². The predicted molar refractivity (Wildman–Crippen MR) is 120 cm³/mol. The summed E-state index contributed by atoms with van der Waals surface area (Å²) in [6.07, 6.45) is 9.72. The molecule has 6 heteroatoms. The molecule has 2 N–H and O–H groups in total. The van der Waals surface area contributed by atoms with Crippen molar-refractivity contribution in [2.24, 2.45) is 5.92 Å². The Morgan fingerprint density at radius 3 is 2.87 bits per heavy atom. The maximum atomic E-state index is 6.31. The second-order valence-electron chi connectivity index (χ2n) is 8.77. The van der Waals surface area contributed by atoms with Gasteiger partial charge in [0.2, 0.25) is 0 Å². The number of hydrogen-bond donors (Lipinski definition) is 1. The fourth-order valence-corrected chi connectivity index (χ4v) is 4.67. The summed E-state index contributed by atoms with van der Waals surface area (Å²) in [5, 5.41) is 0. The van der Waals surface area contributed by atoms with E-state index in [0.717, 1.165) is 53.7 Å². The van der Waals surface area contributed by atoms with Crippen LogP contribution < -0.4 is 10.5 Å². The zero-order valence-electron chi connectivity index (χ0n) is 17.8. The number of fused-ring (bicyclic) bond motifs is 1. The van der Waals surface area contributed by atoms with Gasteiger partial charge in [-0.1, -0.05) is 25.5 Å². The van der Waals surface area contributed by atoms with E-state index in [9.17, 15) is 0 Å². The lowest BCUT2D eigenvalue weighted by Gasteiger charge is -2.41. The van der Waals surface area contributed by atoms with Gasteiger partial charge in [0.05, 0.1) is 6.61 Å². The number of benzene rings is 1. The topological polar surface area (TPSA) is 68.7 Å². The summed E-state index contributed by atoms with van der Waals surface area (Å²) in [5.74, 6) is 3.81. The molecule has 0 unspecified atom stereocenters. The van der Waals surface area contributed by atoms with Crippen molar-refractivity contribution in [1.82, 2.24) is 19.3 Å². The molecule has 2 aliphatic rings. The van der Waals surface area contributed by atoms with Gasteiger partial charge in [0.1, 0.15) is 28.6 Å². The Morgan fingerprint density at radius 2 is 2.10 bits per heavy atom. The molecule has 2 fully saturated rings. The number of anilines is 1. The number of nitrogen functional groups attached to an aromatic ring is 1. The summed E-state index contributed by atoms with van der Waals surface area (Å²) in [6.45, 7) is 6.70. The van der Waals surface area contributed by atoms with Gasteiger partial charge in [0.25, 0.3) is 0 Å². The largest absolute Gasteiger partial charge is 0.494 e. The van der Waals surface area contributed by atoms with Crippen LogP contribution in [0.15, 0.2) is 36.7 Å². The van der Waals surface area contributed by atoms with E-state index in [4.69, 9.17) is 15.5 Å². The van der Waals surface area contributed by atoms with E-state index in [2.05, 4.69) is 33.3 Å². The standard InChI is InChI=1S/C24H31N5O/c1-2-3-12-30-20-7-4-6-18(15-20)21-22-23(25)26-8-11-29(22)24(27-21)19-13-17(14-19)16-28-9-5-10-28/h4,6-8,11,15,17,19H,2-3,5,9-10,12-14,16H2,1H3,(H2,25,26)/t17-,19+. The summed E-state index contributed by atoms with van der Waals surface area (Å²) in [4.78, 5) is 12.0. The van der Waals surface area contributed by atoms with Gasteiger partial charge in [-0.25, -0.2) is 9.97 Å². The molecule has 30 heavy (non-hydrogen) atoms. The number of unbranched alkanes of at least 4 members (excludes halogenated alkanes) is 1. The highest BCUT2D eigenvalue weighted by molar-refractivity contribution is 5.85. The van der Waals surface area contributed by atoms with Crippen LogP contribution in [0.1, 0.15) is 50.8 Å². The molecule has 1 aliphatic carbocycles. The second kappa shape index (κ2) is 8.26. The summed E-state index contributed by atoms with van der Waals surface area (Å²) >= 11 is 0. The van der Waals surface area contributed by atoms with Crippen LogP contribution >= 0.6 is 0 Å². The highest BCUT2D eigenvalue weighted by atomic mass is 16.5. The van der Waals surface area contributed by atoms with E-state index in [1.165, 1.54) is 38.9 Å². The molecule has 158 valence electrons. The lowest BCUT2D eigenvalue weighted by Crippen LogP contribution is -2.43. The van der Waals surface area contributed by atoms with Crippen molar-refractivity contribution in [3.63, 3.8) is 0 Å². The molecule has 0 spiro atoms. The van der Waals surface area contributed by atoms with Crippen LogP contribution in [0.3, 0.4) is 0 Å². The number of imidazole rings is 1. The van der Waals surface area contributed by atoms with E-state index in [-0.39, 0.29) is 0 Å². The minimum absolute atomic E-state index is 0.489. The fraction of sp³-hybridized carbons (Fsp3) is 0.500. The molecular formula is C24H31N5O. The second-order valence-corrected chi connectivity index (χ2v) is 8.77. The van der Waals surface area contributed by atoms with Crippen molar-refractivity contribution in [3.05, 3.63) is 42.5 Å². The van der Waals surface area contributed by atoms with Crippen LogP contribution in [-0.2, 0) is 0 Å². The Bertz CT molecular complexity index is 1020. The SMILES string of the molecule is CCCCOc1cccc(-c2nc([C@H]3C[C@@H](CN4CCC4)C3)n3ccnc(N)c23)c1. The molecular weight excluding hydrogens is 374 g/mol. The van der Waals surface area contributed by atoms with E-state index < -0.39 is 0 Å². The molecule has 1 aromatic carbocycles. The highest BCUT2D eigenvalue weighted by Crippen LogP contribution is 2.44. The normalized spacial score (nSPS) is 21.4. The van der Waals surface area contributed by atoms with E-state index >= 15 is 0 Å². The van der Waals surface area contributed by atoms with Crippen LogP contribution in [0.4, 0.5) is 5.82 Å². The van der Waals surface area contributed by atoms with Crippen molar-refractivity contribution in [3.8, 4) is 17.0 Å². The van der Waals surface area contributed by atoms with Crippen LogP contribution in [0.2, 0.25) is 0 Å². The van der Waals surface area contributed by atoms with Crippen molar-refractivity contribution in [1.29, 1.82) is 0 Å². The molecule has 6 nitrogen and oxygen atoms in total. The van der Waals surface area contributed by atoms with Crippen LogP contribution in [-0.4, -0.2) is 45.5 Å². The van der Waals surface area contributed by atoms with Gasteiger partial charge in [-0.05, 0) is 56.8 Å². The first-order valence-electron chi connectivity index (χ1n) is 11.3. The monoisotopic (exact) mass is 405 g/mol. The Hall–Kier alpha value is -2.60. The lowest BCUT2D eigenvalue weighted by atomic mass is 9.74. The summed E-state index contributed by atoms with van der Waals surface area (Å²) in [5.41, 5.74) is 9.16. The first-order chi connectivity index (χ1) is 14.7. The van der Waals surface area contributed by atoms with Crippen LogP contribution in [0.25, 0.3) is 16.8 Å². The molecule has 3 aromatic rings. The van der Waals surface area contributed by atoms with Gasteiger partial charge >= 0.3 is 0 Å². The zero-order chi connectivity index (χ0) is 20.5. The molecule has 5 rings (SSSR count). The van der Waals surface area contributed by atoms with Gasteiger partial charge in [0, 0.05) is 30.4 Å². The number of aromatic nitrogens is 3. The summed E-state index contributed by atoms with van der Waals surface area (Å²) < 4.78 is 8.08. The molecule has 1 saturated carbocycles. The minimum atomic E-state index is 0.489. The Morgan fingerprint density at radius 1 is 1.23 bits per heavy atom. The van der Waals surface area contributed by atoms with Crippen molar-refractivity contribution >= 4 is 11.3 Å². The van der Waals surface area contributed by atoms with Gasteiger partial charge in [0.15, 0.2) is 0 Å². The third kappa shape index (κ3) is 3.65. The average molecular weight is 406 g/mol. The van der Waals surface area contributed by atoms with Crippen molar-refractivity contribution in [2.75, 3.05) is 32.0 Å². The number of hydrogen-bond acceptors (Lipinski definition) is 5. The third-order valence-corrected chi connectivity index (χ3v) is 6.55. The number of nitrogens with zero attached hydrogens (tertiary/aromatic N) is 4. The van der Waals surface area contributed by atoms with Crippen LogP contribution in [0, 0.1) is 5.92 Å². The number of ether oxygens (including phenoxy) is 1. The zero-order valence-corrected chi connectivity index (χ0v) is 17.8. The molecule has 0 amide bonds. The molecule has 0 atom stereocenters. The predicted octanol–water partition coefficient (Wildman–Crippen LogP) is 4.36. The Kier molecular flexibility index (Phi) is 5.34. The quantitative estimate of drug-likeness (QED) is 0.564. The average Bonchev–Trinajstić information content (AvgIpc) is 3.07. The van der Waals surface area contributed by atoms with Crippen molar-refractivity contribution < 1.29 is 4.74 Å². The first-order valence-corrected chi connectivity index (χ1v) is 11.3. The van der Waals surface area contributed by atoms with Crippen LogP contribution in [0.5, 0.6) is 5.75 Å². The number of nitrogens with two attached hydrogens (primary N) is 1. The summed E-state index contributed by atoms with van der Waals surface area (Å²) in [7, 11) is 0. The smallest absolute Gasteiger partial charge is 0.150 e. The molecule has 1 saturated heterocycles. The summed E-state index contributed by atoms with van der Waals surface area (Å²) in [6, 6.07) is 8.19. The Labute approximate surface area is 178 Å². The highest BCUT2D eigenvalue weighted by Gasteiger charge is 2.35. The molecule has 3 heterocycles. The van der Waals surface area contributed by atoms with Gasteiger partial charge in [-0.3, -0.25) is 4.40 Å². The number of rotatable bonds is 8. The molecule has 0 radical (unpaired) electrons. The molecule has 2 aromatic heterocycles. The minimum Gasteiger partial charge on any atom is -0.494 e. The Balaban J connectivity index is 1.43. The lowest BCUT2D eigenvalue weighted by molar-refractivity contribution is 0.107. The number of likely N-dealkylation sites (tertiary alicyclic amines) is 1. The van der Waals surface area contributed by atoms with E-state index in [1.54, 1.807) is 6.20 Å². The fourth-order valence-electron chi connectivity index (χ4n) is 4.67. The van der Waals surface area contributed by atoms with E-state index in [0.29, 0.717) is 11.7 Å². The van der Waals surface area contributed by atoms with Gasteiger partial charge < -0.3 is 15.4 Å². The first kappa shape index (κ1) is 19.4.